The van der Waals surface area contributed by atoms with Gasteiger partial charge in [-0.3, -0.25) is 4.79 Å². The molecule has 4 heterocycles. The molecule has 34 heavy (non-hydrogen) atoms. The van der Waals surface area contributed by atoms with Crippen LogP contribution < -0.4 is 10.3 Å². The minimum atomic E-state index is -0.242. The SMILES string of the molecule is CCOc1c(C2CCN(C)CC2)ccc2[nH]c(-c3c(=O)[nH]cc4c(C#N)c(C5CC5)[nH]c34)nc12. The lowest BCUT2D eigenvalue weighted by molar-refractivity contribution is 0.251. The maximum absolute atomic E-state index is 13.0. The standard InChI is InChI=1S/C26H28N6O2/c1-3-34-24-16(14-8-10-32(2)11-9-14)6-7-19-23(24)31-25(29-19)20-22-18(13-28-26(20)33)17(12-27)21(30-22)15-4-5-15/h6-7,13-15,30H,3-5,8-11H2,1-2H3,(H,28,33)(H,29,31). The van der Waals surface area contributed by atoms with E-state index in [2.05, 4.69) is 39.0 Å². The molecule has 0 amide bonds. The Kier molecular flexibility index (Phi) is 4.96. The first-order chi connectivity index (χ1) is 16.6. The second-order valence-corrected chi connectivity index (χ2v) is 9.56. The van der Waals surface area contributed by atoms with Crippen LogP contribution in [0.2, 0.25) is 0 Å². The molecule has 2 aliphatic rings. The monoisotopic (exact) mass is 456 g/mol. The van der Waals surface area contributed by atoms with Crippen molar-refractivity contribution >= 4 is 21.9 Å². The van der Waals surface area contributed by atoms with Crippen molar-refractivity contribution < 1.29 is 4.74 Å². The van der Waals surface area contributed by atoms with E-state index in [0.29, 0.717) is 40.9 Å². The molecule has 3 N–H and O–H groups in total. The number of imidazole rings is 1. The van der Waals surface area contributed by atoms with Gasteiger partial charge in [-0.25, -0.2) is 4.98 Å². The van der Waals surface area contributed by atoms with Crippen molar-refractivity contribution in [2.75, 3.05) is 26.7 Å². The second kappa shape index (κ2) is 8.03. The number of pyridine rings is 1. The van der Waals surface area contributed by atoms with Gasteiger partial charge in [-0.2, -0.15) is 5.26 Å². The molecule has 8 nitrogen and oxygen atoms in total. The number of nitrogens with zero attached hydrogens (tertiary/aromatic N) is 3. The fourth-order valence-electron chi connectivity index (χ4n) is 5.35. The van der Waals surface area contributed by atoms with Crippen LogP contribution in [-0.2, 0) is 0 Å². The third-order valence-corrected chi connectivity index (χ3v) is 7.31. The summed E-state index contributed by atoms with van der Waals surface area (Å²) in [6.07, 6.45) is 5.93. The lowest BCUT2D eigenvalue weighted by Crippen LogP contribution is -2.29. The number of ether oxygens (including phenoxy) is 1. The molecule has 0 spiro atoms. The second-order valence-electron chi connectivity index (χ2n) is 9.56. The predicted octanol–water partition coefficient (Wildman–Crippen LogP) is 4.36. The number of nitrogens with one attached hydrogen (secondary N) is 3. The van der Waals surface area contributed by atoms with E-state index in [0.717, 1.165) is 66.6 Å². The molecule has 1 saturated carbocycles. The molecule has 174 valence electrons. The Morgan fingerprint density at radius 1 is 1.18 bits per heavy atom. The smallest absolute Gasteiger partial charge is 0.261 e. The Bertz CT molecular complexity index is 1490. The zero-order chi connectivity index (χ0) is 23.4. The molecular weight excluding hydrogens is 428 g/mol. The van der Waals surface area contributed by atoms with Crippen molar-refractivity contribution in [3.8, 4) is 23.2 Å². The number of nitriles is 1. The first kappa shape index (κ1) is 21.0. The fraction of sp³-hybridized carbons (Fsp3) is 0.423. The van der Waals surface area contributed by atoms with Crippen molar-refractivity contribution in [2.24, 2.45) is 0 Å². The van der Waals surface area contributed by atoms with Crippen LogP contribution in [0.15, 0.2) is 23.1 Å². The summed E-state index contributed by atoms with van der Waals surface area (Å²) in [5, 5.41) is 10.5. The van der Waals surface area contributed by atoms with Crippen LogP contribution in [0.5, 0.6) is 5.75 Å². The number of rotatable bonds is 5. The normalized spacial score (nSPS) is 17.4. The van der Waals surface area contributed by atoms with Crippen LogP contribution in [0.4, 0.5) is 0 Å². The van der Waals surface area contributed by atoms with Gasteiger partial charge in [0.05, 0.1) is 23.2 Å². The Morgan fingerprint density at radius 2 is 1.97 bits per heavy atom. The Morgan fingerprint density at radius 3 is 2.68 bits per heavy atom. The maximum atomic E-state index is 13.0. The van der Waals surface area contributed by atoms with E-state index in [4.69, 9.17) is 9.72 Å². The maximum Gasteiger partial charge on any atom is 0.261 e. The summed E-state index contributed by atoms with van der Waals surface area (Å²) < 4.78 is 6.14. The van der Waals surface area contributed by atoms with E-state index in [1.807, 2.05) is 13.0 Å². The third kappa shape index (κ3) is 3.31. The average Bonchev–Trinajstić information content (AvgIpc) is 3.48. The first-order valence-corrected chi connectivity index (χ1v) is 12.1. The predicted molar refractivity (Wildman–Crippen MR) is 131 cm³/mol. The van der Waals surface area contributed by atoms with Crippen molar-refractivity contribution in [1.29, 1.82) is 5.26 Å². The van der Waals surface area contributed by atoms with Gasteiger partial charge in [0.2, 0.25) is 0 Å². The summed E-state index contributed by atoms with van der Waals surface area (Å²) in [5.41, 5.74) is 5.16. The zero-order valence-electron chi connectivity index (χ0n) is 19.5. The zero-order valence-corrected chi connectivity index (χ0v) is 19.5. The van der Waals surface area contributed by atoms with Gasteiger partial charge in [0.15, 0.2) is 5.75 Å². The molecule has 2 fully saturated rings. The van der Waals surface area contributed by atoms with E-state index in [1.165, 1.54) is 5.56 Å². The summed E-state index contributed by atoms with van der Waals surface area (Å²) in [5.74, 6) is 2.08. The molecule has 4 aromatic rings. The molecular formula is C26H28N6O2. The highest BCUT2D eigenvalue weighted by Gasteiger charge is 2.31. The molecule has 0 unspecified atom stereocenters. The fourth-order valence-corrected chi connectivity index (χ4v) is 5.35. The van der Waals surface area contributed by atoms with Crippen LogP contribution >= 0.6 is 0 Å². The molecule has 0 atom stereocenters. The van der Waals surface area contributed by atoms with Crippen LogP contribution in [0.3, 0.4) is 0 Å². The number of H-pyrrole nitrogens is 3. The largest absolute Gasteiger partial charge is 0.491 e. The van der Waals surface area contributed by atoms with Gasteiger partial charge in [0.1, 0.15) is 23.0 Å². The highest BCUT2D eigenvalue weighted by atomic mass is 16.5. The highest BCUT2D eigenvalue weighted by Crippen LogP contribution is 2.44. The summed E-state index contributed by atoms with van der Waals surface area (Å²) in [6.45, 7) is 4.66. The number of fused-ring (bicyclic) bond motifs is 2. The number of aromatic amines is 3. The highest BCUT2D eigenvalue weighted by molar-refractivity contribution is 5.98. The van der Waals surface area contributed by atoms with E-state index in [-0.39, 0.29) is 5.56 Å². The number of piperidine rings is 1. The Labute approximate surface area is 197 Å². The summed E-state index contributed by atoms with van der Waals surface area (Å²) in [6, 6.07) is 6.52. The van der Waals surface area contributed by atoms with Gasteiger partial charge in [-0.15, -0.1) is 0 Å². The van der Waals surface area contributed by atoms with Crippen LogP contribution in [-0.4, -0.2) is 51.6 Å². The number of hydrogen-bond acceptors (Lipinski definition) is 5. The van der Waals surface area contributed by atoms with Gasteiger partial charge < -0.3 is 24.6 Å². The van der Waals surface area contributed by atoms with E-state index >= 15 is 0 Å². The topological polar surface area (TPSA) is 114 Å². The number of benzene rings is 1. The molecule has 8 heteroatoms. The molecule has 3 aromatic heterocycles. The van der Waals surface area contributed by atoms with Gasteiger partial charge in [0.25, 0.3) is 5.56 Å². The van der Waals surface area contributed by atoms with Gasteiger partial charge in [0, 0.05) is 23.2 Å². The van der Waals surface area contributed by atoms with E-state index < -0.39 is 0 Å². The number of hydrogen-bond donors (Lipinski definition) is 3. The van der Waals surface area contributed by atoms with E-state index in [1.54, 1.807) is 6.20 Å². The average molecular weight is 457 g/mol. The summed E-state index contributed by atoms with van der Waals surface area (Å²) in [7, 11) is 2.16. The van der Waals surface area contributed by atoms with Crippen molar-refractivity contribution in [2.45, 2.75) is 44.4 Å². The summed E-state index contributed by atoms with van der Waals surface area (Å²) >= 11 is 0. The van der Waals surface area contributed by atoms with E-state index in [9.17, 15) is 10.1 Å². The Balaban J connectivity index is 1.52. The molecule has 6 rings (SSSR count). The van der Waals surface area contributed by atoms with Gasteiger partial charge in [-0.1, -0.05) is 6.07 Å². The lowest BCUT2D eigenvalue weighted by atomic mass is 9.88. The molecule has 1 aliphatic carbocycles. The Hall–Kier alpha value is -3.57. The third-order valence-electron chi connectivity index (χ3n) is 7.31. The molecule has 0 radical (unpaired) electrons. The van der Waals surface area contributed by atoms with Gasteiger partial charge >= 0.3 is 0 Å². The molecule has 1 aromatic carbocycles. The van der Waals surface area contributed by atoms with Crippen LogP contribution in [0.1, 0.15) is 61.3 Å². The molecule has 0 bridgehead atoms. The van der Waals surface area contributed by atoms with Crippen molar-refractivity contribution in [3.63, 3.8) is 0 Å². The molecule has 1 saturated heterocycles. The van der Waals surface area contributed by atoms with Gasteiger partial charge in [-0.05, 0) is 70.3 Å². The van der Waals surface area contributed by atoms with Crippen molar-refractivity contribution in [3.05, 3.63) is 45.5 Å². The van der Waals surface area contributed by atoms with Crippen LogP contribution in [0.25, 0.3) is 33.3 Å². The quantitative estimate of drug-likeness (QED) is 0.413. The minimum Gasteiger partial charge on any atom is -0.491 e. The first-order valence-electron chi connectivity index (χ1n) is 12.1. The lowest BCUT2D eigenvalue weighted by Gasteiger charge is -2.30. The molecule has 1 aliphatic heterocycles. The summed E-state index contributed by atoms with van der Waals surface area (Å²) in [4.78, 5) is 29.8. The minimum absolute atomic E-state index is 0.242. The number of likely N-dealkylation sites (tertiary alicyclic amines) is 1. The van der Waals surface area contributed by atoms with Crippen molar-refractivity contribution in [1.82, 2.24) is 24.8 Å². The number of aromatic nitrogens is 4. The van der Waals surface area contributed by atoms with Crippen LogP contribution in [0, 0.1) is 11.3 Å².